The molecule has 0 fully saturated rings. The molecule has 2 rings (SSSR count). The van der Waals surface area contributed by atoms with Gasteiger partial charge in [-0.15, -0.1) is 0 Å². The number of methoxy groups -OCH3 is 3. The number of aliphatic hydroxyl groups excluding tert-OH is 1. The smallest absolute Gasteiger partial charge is 0.132 e. The van der Waals surface area contributed by atoms with E-state index in [-0.39, 0.29) is 0 Å². The maximum atomic E-state index is 10.5. The van der Waals surface area contributed by atoms with E-state index < -0.39 is 6.10 Å². The van der Waals surface area contributed by atoms with Gasteiger partial charge in [0.05, 0.1) is 39.2 Å². The largest absolute Gasteiger partial charge is 0.496 e. The summed E-state index contributed by atoms with van der Waals surface area (Å²) < 4.78 is 17.6. The predicted molar refractivity (Wildman–Crippen MR) is 78.0 cm³/mol. The molecular weight excluding hydrogens is 272 g/mol. The van der Waals surface area contributed by atoms with Crippen LogP contribution in [0.2, 0.25) is 0 Å². The summed E-state index contributed by atoms with van der Waals surface area (Å²) >= 11 is 0. The molecule has 2 aromatic rings. The Bertz CT molecular complexity index is 584. The Labute approximate surface area is 123 Å². The van der Waals surface area contributed by atoms with E-state index >= 15 is 0 Å². The van der Waals surface area contributed by atoms with E-state index in [0.717, 1.165) is 5.56 Å². The zero-order chi connectivity index (χ0) is 15.4. The molecule has 6 nitrogen and oxygen atoms in total. The lowest BCUT2D eigenvalue weighted by atomic mass is 10.0. The molecule has 0 aliphatic rings. The van der Waals surface area contributed by atoms with Gasteiger partial charge in [0.1, 0.15) is 17.2 Å². The lowest BCUT2D eigenvalue weighted by molar-refractivity contribution is 0.169. The minimum absolute atomic E-state index is 0.424. The fourth-order valence-corrected chi connectivity index (χ4v) is 2.26. The van der Waals surface area contributed by atoms with Crippen LogP contribution >= 0.6 is 0 Å². The molecule has 1 aromatic carbocycles. The van der Waals surface area contributed by atoms with Crippen LogP contribution in [-0.4, -0.2) is 36.2 Å². The minimum Gasteiger partial charge on any atom is -0.496 e. The van der Waals surface area contributed by atoms with Crippen molar-refractivity contribution in [1.82, 2.24) is 9.78 Å². The van der Waals surface area contributed by atoms with Crippen molar-refractivity contribution in [2.24, 2.45) is 7.05 Å². The Morgan fingerprint density at radius 3 is 2.19 bits per heavy atom. The Hall–Kier alpha value is -2.21. The molecule has 1 heterocycles. The first-order valence-electron chi connectivity index (χ1n) is 6.54. The van der Waals surface area contributed by atoms with Gasteiger partial charge in [0.15, 0.2) is 0 Å². The highest BCUT2D eigenvalue weighted by Crippen LogP contribution is 2.39. The van der Waals surface area contributed by atoms with Gasteiger partial charge in [-0.25, -0.2) is 0 Å². The first-order valence-corrected chi connectivity index (χ1v) is 6.54. The van der Waals surface area contributed by atoms with Crippen LogP contribution in [0.1, 0.15) is 17.2 Å². The maximum Gasteiger partial charge on any atom is 0.132 e. The lowest BCUT2D eigenvalue weighted by Gasteiger charge is -2.19. The number of nitrogens with zero attached hydrogens (tertiary/aromatic N) is 2. The summed E-state index contributed by atoms with van der Waals surface area (Å²) in [6, 6.07) is 3.45. The van der Waals surface area contributed by atoms with Crippen LogP contribution in [0.15, 0.2) is 24.5 Å². The first-order chi connectivity index (χ1) is 10.1. The molecule has 0 spiro atoms. The molecule has 0 aliphatic carbocycles. The molecule has 1 N–H and O–H groups in total. The normalized spacial score (nSPS) is 12.0. The summed E-state index contributed by atoms with van der Waals surface area (Å²) in [5, 5.41) is 14.6. The number of ether oxygens (including phenoxy) is 3. The second-order valence-corrected chi connectivity index (χ2v) is 4.69. The van der Waals surface area contributed by atoms with E-state index in [1.165, 1.54) is 0 Å². The third kappa shape index (κ3) is 3.28. The molecule has 0 saturated carbocycles. The SMILES string of the molecule is COc1cc(OC)c(C(O)Cc2cnn(C)c2)c(OC)c1. The zero-order valence-electron chi connectivity index (χ0n) is 12.7. The topological polar surface area (TPSA) is 65.7 Å². The number of hydrogen-bond donors (Lipinski definition) is 1. The second-order valence-electron chi connectivity index (χ2n) is 4.69. The fourth-order valence-electron chi connectivity index (χ4n) is 2.26. The summed E-state index contributed by atoms with van der Waals surface area (Å²) in [4.78, 5) is 0. The molecule has 0 aliphatic heterocycles. The summed E-state index contributed by atoms with van der Waals surface area (Å²) in [6.07, 6.45) is 3.26. The lowest BCUT2D eigenvalue weighted by Crippen LogP contribution is -2.06. The molecule has 1 atom stereocenters. The average molecular weight is 292 g/mol. The van der Waals surface area contributed by atoms with E-state index in [0.29, 0.717) is 29.2 Å². The van der Waals surface area contributed by atoms with E-state index in [1.54, 1.807) is 44.3 Å². The molecule has 114 valence electrons. The van der Waals surface area contributed by atoms with Crippen molar-refractivity contribution in [3.05, 3.63) is 35.7 Å². The number of hydrogen-bond acceptors (Lipinski definition) is 5. The molecule has 0 radical (unpaired) electrons. The summed E-state index contributed by atoms with van der Waals surface area (Å²) in [5.41, 5.74) is 1.54. The van der Waals surface area contributed by atoms with Crippen LogP contribution in [0, 0.1) is 0 Å². The summed E-state index contributed by atoms with van der Waals surface area (Å²) in [7, 11) is 6.51. The number of aliphatic hydroxyl groups is 1. The Morgan fingerprint density at radius 1 is 1.14 bits per heavy atom. The van der Waals surface area contributed by atoms with Crippen LogP contribution in [0.25, 0.3) is 0 Å². The Balaban J connectivity index is 2.36. The van der Waals surface area contributed by atoms with Gasteiger partial charge in [-0.3, -0.25) is 4.68 Å². The minimum atomic E-state index is -0.759. The van der Waals surface area contributed by atoms with Crippen LogP contribution in [0.4, 0.5) is 0 Å². The maximum absolute atomic E-state index is 10.5. The molecule has 0 saturated heterocycles. The molecule has 21 heavy (non-hydrogen) atoms. The van der Waals surface area contributed by atoms with Gasteiger partial charge in [-0.2, -0.15) is 5.10 Å². The van der Waals surface area contributed by atoms with Crippen molar-refractivity contribution < 1.29 is 19.3 Å². The average Bonchev–Trinajstić information content (AvgIpc) is 2.90. The van der Waals surface area contributed by atoms with Gasteiger partial charge in [0, 0.05) is 31.8 Å². The van der Waals surface area contributed by atoms with Gasteiger partial charge in [-0.05, 0) is 5.56 Å². The molecule has 1 unspecified atom stereocenters. The van der Waals surface area contributed by atoms with Crippen molar-refractivity contribution in [2.75, 3.05) is 21.3 Å². The quantitative estimate of drug-likeness (QED) is 0.878. The van der Waals surface area contributed by atoms with Crippen LogP contribution < -0.4 is 14.2 Å². The number of benzene rings is 1. The highest BCUT2D eigenvalue weighted by atomic mass is 16.5. The highest BCUT2D eigenvalue weighted by molar-refractivity contribution is 5.52. The highest BCUT2D eigenvalue weighted by Gasteiger charge is 2.21. The van der Waals surface area contributed by atoms with Gasteiger partial charge < -0.3 is 19.3 Å². The van der Waals surface area contributed by atoms with Crippen molar-refractivity contribution in [3.8, 4) is 17.2 Å². The van der Waals surface area contributed by atoms with E-state index in [9.17, 15) is 5.11 Å². The van der Waals surface area contributed by atoms with E-state index in [2.05, 4.69) is 5.10 Å². The standard InChI is InChI=1S/C15H20N2O4/c1-17-9-10(8-16-17)5-12(18)15-13(20-3)6-11(19-2)7-14(15)21-4/h6-9,12,18H,5H2,1-4H3. The number of rotatable bonds is 6. The molecule has 1 aromatic heterocycles. The predicted octanol–water partition coefficient (Wildman–Crippen LogP) is 1.72. The molecule has 6 heteroatoms. The van der Waals surface area contributed by atoms with Crippen LogP contribution in [0.5, 0.6) is 17.2 Å². The first kappa shape index (κ1) is 15.2. The van der Waals surface area contributed by atoms with Gasteiger partial charge in [-0.1, -0.05) is 0 Å². The van der Waals surface area contributed by atoms with Crippen LogP contribution in [-0.2, 0) is 13.5 Å². The number of aromatic nitrogens is 2. The van der Waals surface area contributed by atoms with Gasteiger partial charge in [0.2, 0.25) is 0 Å². The van der Waals surface area contributed by atoms with Crippen molar-refractivity contribution in [1.29, 1.82) is 0 Å². The van der Waals surface area contributed by atoms with E-state index in [1.807, 2.05) is 13.2 Å². The monoisotopic (exact) mass is 292 g/mol. The molecule has 0 bridgehead atoms. The molecule has 0 amide bonds. The fraction of sp³-hybridized carbons (Fsp3) is 0.400. The van der Waals surface area contributed by atoms with Gasteiger partial charge in [0.25, 0.3) is 0 Å². The van der Waals surface area contributed by atoms with Crippen LogP contribution in [0.3, 0.4) is 0 Å². The van der Waals surface area contributed by atoms with Gasteiger partial charge >= 0.3 is 0 Å². The zero-order valence-corrected chi connectivity index (χ0v) is 12.7. The van der Waals surface area contributed by atoms with Crippen molar-refractivity contribution in [2.45, 2.75) is 12.5 Å². The van der Waals surface area contributed by atoms with E-state index in [4.69, 9.17) is 14.2 Å². The second kappa shape index (κ2) is 6.49. The number of aryl methyl sites for hydroxylation is 1. The molecular formula is C15H20N2O4. The summed E-state index contributed by atoms with van der Waals surface area (Å²) in [5.74, 6) is 1.67. The Morgan fingerprint density at radius 2 is 1.76 bits per heavy atom. The van der Waals surface area contributed by atoms with Crippen molar-refractivity contribution in [3.63, 3.8) is 0 Å². The third-order valence-electron chi connectivity index (χ3n) is 3.27. The summed E-state index contributed by atoms with van der Waals surface area (Å²) in [6.45, 7) is 0. The Kier molecular flexibility index (Phi) is 4.70. The third-order valence-corrected chi connectivity index (χ3v) is 3.27. The van der Waals surface area contributed by atoms with Crippen molar-refractivity contribution >= 4 is 0 Å².